The Bertz CT molecular complexity index is 1680. The van der Waals surface area contributed by atoms with Crippen molar-refractivity contribution in [2.75, 3.05) is 26.7 Å². The number of aromatic nitrogens is 2. The Balaban J connectivity index is 1.40. The summed E-state index contributed by atoms with van der Waals surface area (Å²) in [6, 6.07) is 10.1. The summed E-state index contributed by atoms with van der Waals surface area (Å²) in [6.45, 7) is 2.74. The number of aliphatic imine (C=N–C) groups is 1. The molecule has 2 N–H and O–H groups in total. The number of nitrogens with one attached hydrogen (secondary N) is 2. The van der Waals surface area contributed by atoms with Gasteiger partial charge in [-0.1, -0.05) is 12.1 Å². The number of halogens is 2. The molecule has 2 amide bonds. The van der Waals surface area contributed by atoms with E-state index in [0.29, 0.717) is 41.7 Å². The molecule has 14 heteroatoms. The number of piperazine rings is 1. The average Bonchev–Trinajstić information content (AvgIpc) is 3.24. The number of benzene rings is 2. The second-order valence-electron chi connectivity index (χ2n) is 10.8. The lowest BCUT2D eigenvalue weighted by molar-refractivity contribution is -0.133. The van der Waals surface area contributed by atoms with Crippen LogP contribution in [0.2, 0.25) is 0 Å². The number of carbonyl (C=O) groups is 2. The molecule has 3 heterocycles. The number of rotatable bonds is 8. The number of ether oxygens (including phenoxy) is 2. The standard InChI is InChI=1S/C30H35F2N7O5/c1-18-16-37(9-10-38(18)19(2)40)29-33-14-23(15-34-29)21-6-7-24-25(12-21)39(36(3)27(24)41)17-22-11-20(13-35-30(42)43-4)5-8-26(22)44-28(31)32/h5-8,11-12,14-15,18,28-29,33H,9-10,13,16-17H2,1-4H3,(H,35,42)/t18-,29?/m1/s1. The van der Waals surface area contributed by atoms with Crippen molar-refractivity contribution in [3.63, 3.8) is 0 Å². The average molecular weight is 612 g/mol. The molecule has 1 saturated heterocycles. The Kier molecular flexibility index (Phi) is 8.99. The molecule has 1 unspecified atom stereocenters. The van der Waals surface area contributed by atoms with Gasteiger partial charge in [0.15, 0.2) is 6.29 Å². The molecule has 0 radical (unpaired) electrons. The Labute approximate surface area is 252 Å². The summed E-state index contributed by atoms with van der Waals surface area (Å²) in [6.07, 6.45) is 2.76. The van der Waals surface area contributed by atoms with Crippen molar-refractivity contribution in [2.45, 2.75) is 45.9 Å². The monoisotopic (exact) mass is 611 g/mol. The van der Waals surface area contributed by atoms with Crippen LogP contribution in [-0.4, -0.2) is 83.1 Å². The van der Waals surface area contributed by atoms with E-state index in [1.165, 1.54) is 17.9 Å². The van der Waals surface area contributed by atoms with Crippen LogP contribution >= 0.6 is 0 Å². The lowest BCUT2D eigenvalue weighted by Crippen LogP contribution is -2.58. The van der Waals surface area contributed by atoms with Gasteiger partial charge in [-0.25, -0.2) is 4.79 Å². The number of methoxy groups -OCH3 is 1. The molecule has 2 aromatic carbocycles. The summed E-state index contributed by atoms with van der Waals surface area (Å²) in [5.41, 5.74) is 3.00. The van der Waals surface area contributed by atoms with Gasteiger partial charge in [-0.15, -0.1) is 0 Å². The van der Waals surface area contributed by atoms with Crippen LogP contribution in [0.5, 0.6) is 5.75 Å². The summed E-state index contributed by atoms with van der Waals surface area (Å²) in [7, 11) is 2.85. The van der Waals surface area contributed by atoms with Gasteiger partial charge in [0.2, 0.25) is 5.91 Å². The topological polar surface area (TPSA) is 122 Å². The molecule has 0 bridgehead atoms. The fraction of sp³-hybridized carbons (Fsp3) is 0.400. The summed E-state index contributed by atoms with van der Waals surface area (Å²) >= 11 is 0. The van der Waals surface area contributed by atoms with E-state index in [4.69, 9.17) is 9.73 Å². The van der Waals surface area contributed by atoms with Crippen LogP contribution in [0.25, 0.3) is 16.5 Å². The number of amides is 2. The van der Waals surface area contributed by atoms with E-state index in [0.717, 1.165) is 11.1 Å². The van der Waals surface area contributed by atoms with Crippen molar-refractivity contribution in [3.8, 4) is 5.75 Å². The molecular formula is C30H35F2N7O5. The van der Waals surface area contributed by atoms with Gasteiger partial charge in [0.1, 0.15) is 5.75 Å². The van der Waals surface area contributed by atoms with Crippen LogP contribution in [-0.2, 0) is 29.7 Å². The highest BCUT2D eigenvalue weighted by Crippen LogP contribution is 2.27. The first kappa shape index (κ1) is 30.7. The predicted octanol–water partition coefficient (Wildman–Crippen LogP) is 2.70. The molecule has 44 heavy (non-hydrogen) atoms. The number of alkyl halides is 2. The van der Waals surface area contributed by atoms with E-state index in [-0.39, 0.29) is 42.6 Å². The minimum atomic E-state index is -3.04. The highest BCUT2D eigenvalue weighted by molar-refractivity contribution is 6.11. The second kappa shape index (κ2) is 12.9. The number of fused-ring (bicyclic) bond motifs is 1. The van der Waals surface area contributed by atoms with Crippen molar-refractivity contribution in [3.05, 3.63) is 69.6 Å². The lowest BCUT2D eigenvalue weighted by Gasteiger charge is -2.42. The van der Waals surface area contributed by atoms with Gasteiger partial charge in [-0.3, -0.25) is 28.8 Å². The highest BCUT2D eigenvalue weighted by Gasteiger charge is 2.29. The zero-order chi connectivity index (χ0) is 31.5. The SMILES string of the molecule is COC(=O)NCc1ccc(OC(F)F)c(Cn2c3cc(C4=CNC(N5CCN(C(C)=O)[C@H](C)C5)N=C4)ccc3c(=O)n2C)c1. The van der Waals surface area contributed by atoms with Gasteiger partial charge in [-0.05, 0) is 42.3 Å². The smallest absolute Gasteiger partial charge is 0.407 e. The van der Waals surface area contributed by atoms with E-state index < -0.39 is 12.7 Å². The Morgan fingerprint density at radius 1 is 1.18 bits per heavy atom. The van der Waals surface area contributed by atoms with Crippen molar-refractivity contribution in [2.24, 2.45) is 12.0 Å². The molecule has 0 aliphatic carbocycles. The Morgan fingerprint density at radius 3 is 2.64 bits per heavy atom. The number of hydrogen-bond acceptors (Lipinski definition) is 8. The zero-order valence-electron chi connectivity index (χ0n) is 24.9. The van der Waals surface area contributed by atoms with Crippen molar-refractivity contribution < 1.29 is 27.8 Å². The number of carbonyl (C=O) groups excluding carboxylic acids is 2. The summed E-state index contributed by atoms with van der Waals surface area (Å²) in [5.74, 6) is 0.0263. The van der Waals surface area contributed by atoms with Crippen LogP contribution < -0.4 is 20.9 Å². The van der Waals surface area contributed by atoms with Gasteiger partial charge < -0.3 is 25.0 Å². The normalized spacial score (nSPS) is 18.7. The van der Waals surface area contributed by atoms with E-state index in [2.05, 4.69) is 20.3 Å². The number of allylic oxidation sites excluding steroid dienone is 1. The van der Waals surface area contributed by atoms with Gasteiger partial charge in [0, 0.05) is 69.7 Å². The van der Waals surface area contributed by atoms with Crippen LogP contribution in [0.15, 0.2) is 52.4 Å². The lowest BCUT2D eigenvalue weighted by atomic mass is 10.1. The van der Waals surface area contributed by atoms with Gasteiger partial charge >= 0.3 is 12.7 Å². The van der Waals surface area contributed by atoms with Crippen LogP contribution in [0.4, 0.5) is 13.6 Å². The fourth-order valence-electron chi connectivity index (χ4n) is 5.66. The number of alkyl carbamates (subject to hydrolysis) is 1. The molecule has 2 atom stereocenters. The molecule has 2 aliphatic heterocycles. The van der Waals surface area contributed by atoms with Crippen molar-refractivity contribution in [1.29, 1.82) is 0 Å². The molecule has 12 nitrogen and oxygen atoms in total. The summed E-state index contributed by atoms with van der Waals surface area (Å²) in [4.78, 5) is 45.3. The summed E-state index contributed by atoms with van der Waals surface area (Å²) < 4.78 is 39.0. The molecule has 1 fully saturated rings. The fourth-order valence-corrected chi connectivity index (χ4v) is 5.66. The maximum atomic E-state index is 13.2. The molecule has 1 aromatic heterocycles. The largest absolute Gasteiger partial charge is 0.453 e. The van der Waals surface area contributed by atoms with E-state index in [1.54, 1.807) is 43.1 Å². The van der Waals surface area contributed by atoms with E-state index in [9.17, 15) is 23.2 Å². The quantitative estimate of drug-likeness (QED) is 0.402. The van der Waals surface area contributed by atoms with E-state index in [1.807, 2.05) is 30.2 Å². The van der Waals surface area contributed by atoms with Crippen molar-refractivity contribution in [1.82, 2.24) is 29.8 Å². The number of hydrogen-bond donors (Lipinski definition) is 2. The first-order valence-corrected chi connectivity index (χ1v) is 14.1. The molecular weight excluding hydrogens is 576 g/mol. The summed E-state index contributed by atoms with van der Waals surface area (Å²) in [5, 5.41) is 6.37. The Hall–Kier alpha value is -4.72. The van der Waals surface area contributed by atoms with Crippen molar-refractivity contribution >= 4 is 34.7 Å². The molecule has 0 saturated carbocycles. The second-order valence-corrected chi connectivity index (χ2v) is 10.8. The highest BCUT2D eigenvalue weighted by atomic mass is 19.3. The molecule has 3 aromatic rings. The van der Waals surface area contributed by atoms with Gasteiger partial charge in [0.25, 0.3) is 5.56 Å². The Morgan fingerprint density at radius 2 is 1.98 bits per heavy atom. The van der Waals surface area contributed by atoms with Crippen LogP contribution in [0.3, 0.4) is 0 Å². The minimum absolute atomic E-state index is 0.0388. The predicted molar refractivity (Wildman–Crippen MR) is 160 cm³/mol. The zero-order valence-corrected chi connectivity index (χ0v) is 24.9. The van der Waals surface area contributed by atoms with Crippen LogP contribution in [0, 0.1) is 0 Å². The van der Waals surface area contributed by atoms with Gasteiger partial charge in [0.05, 0.1) is 24.6 Å². The number of nitrogens with zero attached hydrogens (tertiary/aromatic N) is 5. The first-order valence-electron chi connectivity index (χ1n) is 14.1. The van der Waals surface area contributed by atoms with Crippen LogP contribution in [0.1, 0.15) is 30.5 Å². The molecule has 234 valence electrons. The maximum absolute atomic E-state index is 13.2. The third-order valence-electron chi connectivity index (χ3n) is 7.93. The molecule has 5 rings (SSSR count). The third kappa shape index (κ3) is 6.44. The molecule has 2 aliphatic rings. The maximum Gasteiger partial charge on any atom is 0.407 e. The minimum Gasteiger partial charge on any atom is -0.453 e. The molecule has 0 spiro atoms. The first-order chi connectivity index (χ1) is 21.0. The van der Waals surface area contributed by atoms with Gasteiger partial charge in [-0.2, -0.15) is 8.78 Å². The van der Waals surface area contributed by atoms with E-state index >= 15 is 0 Å². The third-order valence-corrected chi connectivity index (χ3v) is 7.93.